The van der Waals surface area contributed by atoms with Crippen LogP contribution in [-0.4, -0.2) is 34.8 Å². The van der Waals surface area contributed by atoms with E-state index >= 15 is 0 Å². The zero-order valence-corrected chi connectivity index (χ0v) is 12.9. The molecule has 0 saturated heterocycles. The number of nitrogens with two attached hydrogens (primary N) is 1. The molecule has 0 radical (unpaired) electrons. The van der Waals surface area contributed by atoms with Crippen LogP contribution in [0.2, 0.25) is 14.8 Å². The molecule has 0 unspecified atom stereocenters. The van der Waals surface area contributed by atoms with Crippen LogP contribution in [0.25, 0.3) is 0 Å². The summed E-state index contributed by atoms with van der Waals surface area (Å²) in [4.78, 5) is 24.6. The van der Waals surface area contributed by atoms with Gasteiger partial charge in [-0.3, -0.25) is 4.79 Å². The molecule has 5 heteroatoms. The van der Waals surface area contributed by atoms with Crippen molar-refractivity contribution in [2.45, 2.75) is 28.7 Å². The van der Waals surface area contributed by atoms with Gasteiger partial charge in [-0.1, -0.05) is 0 Å². The molecule has 0 aliphatic rings. The smallest absolute Gasteiger partial charge is 0.204 e. The molecule has 0 spiro atoms. The van der Waals surface area contributed by atoms with Crippen LogP contribution in [0.3, 0.4) is 0 Å². The van der Waals surface area contributed by atoms with Gasteiger partial charge in [0, 0.05) is 0 Å². The average molecular weight is 316 g/mol. The van der Waals surface area contributed by atoms with E-state index in [2.05, 4.69) is 30.5 Å². The standard InChI is InChI=1S/C6H7N2.CH3NO.3CH3.Sn/c1-5-6(2)8-4-3-7-5;2-1-3;;;;/h3H,1-2H3;1H,(H2,2,3);3*1H3;. The van der Waals surface area contributed by atoms with Gasteiger partial charge < -0.3 is 5.73 Å². The number of hydrogen-bond acceptors (Lipinski definition) is 3. The first kappa shape index (κ1) is 14.3. The van der Waals surface area contributed by atoms with Crippen LogP contribution >= 0.6 is 0 Å². The van der Waals surface area contributed by atoms with Gasteiger partial charge in [-0.15, -0.1) is 0 Å². The molecule has 1 aromatic heterocycles. The first-order chi connectivity index (χ1) is 6.82. The van der Waals surface area contributed by atoms with Gasteiger partial charge in [0.2, 0.25) is 6.41 Å². The van der Waals surface area contributed by atoms with E-state index in [0.717, 1.165) is 11.4 Å². The number of aryl methyl sites for hydroxylation is 2. The Kier molecular flexibility index (Phi) is 5.78. The van der Waals surface area contributed by atoms with Gasteiger partial charge in [-0.05, 0) is 0 Å². The predicted octanol–water partition coefficient (Wildman–Crippen LogP) is 0.740. The van der Waals surface area contributed by atoms with Crippen LogP contribution in [0.1, 0.15) is 11.4 Å². The fourth-order valence-corrected chi connectivity index (χ4v) is 3.63. The second-order valence-corrected chi connectivity index (χ2v) is 18.6. The molecule has 15 heavy (non-hydrogen) atoms. The largest absolute Gasteiger partial charge is 0.372 e. The molecule has 1 amide bonds. The summed E-state index contributed by atoms with van der Waals surface area (Å²) in [7, 11) is 0. The third kappa shape index (κ3) is 5.11. The molecule has 0 aromatic carbocycles. The minimum atomic E-state index is -1.96. The first-order valence-corrected chi connectivity index (χ1v) is 14.8. The summed E-state index contributed by atoms with van der Waals surface area (Å²) in [6.07, 6.45) is 2.21. The Labute approximate surface area is 95.2 Å². The van der Waals surface area contributed by atoms with Crippen molar-refractivity contribution in [2.24, 2.45) is 5.73 Å². The van der Waals surface area contributed by atoms with Gasteiger partial charge in [-0.2, -0.15) is 0 Å². The van der Waals surface area contributed by atoms with Crippen molar-refractivity contribution in [1.29, 1.82) is 0 Å². The summed E-state index contributed by atoms with van der Waals surface area (Å²) in [5.41, 5.74) is 6.30. The Hall–Kier alpha value is -0.651. The maximum Gasteiger partial charge on any atom is 0.204 e. The quantitative estimate of drug-likeness (QED) is 0.614. The summed E-state index contributed by atoms with van der Waals surface area (Å²) in [6, 6.07) is 0. The molecule has 0 atom stereocenters. The molecule has 1 heterocycles. The number of hydrogen-bond donors (Lipinski definition) is 1. The molecule has 0 saturated carbocycles. The van der Waals surface area contributed by atoms with Crippen LogP contribution in [0.5, 0.6) is 0 Å². The number of primary amides is 1. The number of carbonyl (C=O) groups is 1. The number of nitrogens with zero attached hydrogens (tertiary/aromatic N) is 2. The van der Waals surface area contributed by atoms with E-state index in [4.69, 9.17) is 4.79 Å². The fraction of sp³-hybridized carbons (Fsp3) is 0.500. The third-order valence-corrected chi connectivity index (χ3v) is 7.03. The Balaban J connectivity index is 0.000000583. The van der Waals surface area contributed by atoms with Crippen LogP contribution in [0.4, 0.5) is 0 Å². The van der Waals surface area contributed by atoms with E-state index in [1.54, 1.807) is 0 Å². The summed E-state index contributed by atoms with van der Waals surface area (Å²) in [6.45, 7) is 4.04. The van der Waals surface area contributed by atoms with Crippen LogP contribution in [-0.2, 0) is 4.79 Å². The maximum absolute atomic E-state index is 8.58. The zero-order chi connectivity index (χ0) is 12.1. The van der Waals surface area contributed by atoms with Crippen molar-refractivity contribution in [1.82, 2.24) is 9.97 Å². The van der Waals surface area contributed by atoms with Gasteiger partial charge >= 0.3 is 78.3 Å². The molecule has 0 fully saturated rings. The van der Waals surface area contributed by atoms with Crippen molar-refractivity contribution < 1.29 is 4.79 Å². The minimum Gasteiger partial charge on any atom is -0.372 e. The van der Waals surface area contributed by atoms with Gasteiger partial charge in [0.1, 0.15) is 0 Å². The van der Waals surface area contributed by atoms with Crippen molar-refractivity contribution >= 4 is 28.5 Å². The Morgan fingerprint density at radius 2 is 1.73 bits per heavy atom. The van der Waals surface area contributed by atoms with Crippen LogP contribution in [0, 0.1) is 13.8 Å². The second kappa shape index (κ2) is 6.05. The Morgan fingerprint density at radius 3 is 2.07 bits per heavy atom. The number of rotatable bonds is 1. The summed E-state index contributed by atoms with van der Waals surface area (Å²) in [5, 5.41) is 0. The molecule has 0 aliphatic carbocycles. The molecular weight excluding hydrogens is 297 g/mol. The van der Waals surface area contributed by atoms with E-state index in [-0.39, 0.29) is 6.41 Å². The average Bonchev–Trinajstić information content (AvgIpc) is 2.09. The normalized spacial score (nSPS) is 10.2. The fourth-order valence-electron chi connectivity index (χ4n) is 0.903. The number of amides is 1. The van der Waals surface area contributed by atoms with E-state index < -0.39 is 18.4 Å². The predicted molar refractivity (Wildman–Crippen MR) is 64.7 cm³/mol. The van der Waals surface area contributed by atoms with E-state index in [1.165, 1.54) is 3.71 Å². The van der Waals surface area contributed by atoms with Gasteiger partial charge in [0.25, 0.3) is 0 Å². The second-order valence-electron chi connectivity index (χ2n) is 4.31. The van der Waals surface area contributed by atoms with Crippen molar-refractivity contribution in [3.8, 4) is 0 Å². The molecule has 2 N–H and O–H groups in total. The molecule has 84 valence electrons. The SMILES string of the molecule is Cc1nc[c]([Sn]([CH3])([CH3])[CH3])nc1C.NC=O. The van der Waals surface area contributed by atoms with Gasteiger partial charge in [0.05, 0.1) is 0 Å². The van der Waals surface area contributed by atoms with Crippen LogP contribution < -0.4 is 9.44 Å². The minimum absolute atomic E-state index is 0.250. The first-order valence-electron chi connectivity index (χ1n) is 4.79. The number of aromatic nitrogens is 2. The Morgan fingerprint density at radius 1 is 1.27 bits per heavy atom. The molecule has 1 aromatic rings. The molecule has 4 nitrogen and oxygen atoms in total. The summed E-state index contributed by atoms with van der Waals surface area (Å²) < 4.78 is 1.27. The number of carbonyl (C=O) groups excluding carboxylic acids is 1. The topological polar surface area (TPSA) is 68.9 Å². The van der Waals surface area contributed by atoms with E-state index in [9.17, 15) is 0 Å². The van der Waals surface area contributed by atoms with Crippen molar-refractivity contribution in [3.05, 3.63) is 17.6 Å². The zero-order valence-electron chi connectivity index (χ0n) is 10.0. The third-order valence-electron chi connectivity index (χ3n) is 1.96. The monoisotopic (exact) mass is 317 g/mol. The van der Waals surface area contributed by atoms with Crippen molar-refractivity contribution in [2.75, 3.05) is 0 Å². The van der Waals surface area contributed by atoms with E-state index in [0.29, 0.717) is 0 Å². The van der Waals surface area contributed by atoms with Gasteiger partial charge in [0.15, 0.2) is 0 Å². The molecule has 0 bridgehead atoms. The van der Waals surface area contributed by atoms with E-state index in [1.807, 2.05) is 20.0 Å². The van der Waals surface area contributed by atoms with Crippen molar-refractivity contribution in [3.63, 3.8) is 0 Å². The maximum atomic E-state index is 8.58. The molecule has 1 rings (SSSR count). The molecule has 0 aliphatic heterocycles. The van der Waals surface area contributed by atoms with Gasteiger partial charge in [-0.25, -0.2) is 0 Å². The summed E-state index contributed by atoms with van der Waals surface area (Å²) in [5.74, 6) is 0. The summed E-state index contributed by atoms with van der Waals surface area (Å²) >= 11 is -1.96. The van der Waals surface area contributed by atoms with Crippen LogP contribution in [0.15, 0.2) is 6.20 Å². The molecular formula is C10H19N3OSn. The Bertz CT molecular complexity index is 334.